The van der Waals surface area contributed by atoms with Crippen molar-refractivity contribution in [1.29, 1.82) is 0 Å². The first-order chi connectivity index (χ1) is 9.09. The quantitative estimate of drug-likeness (QED) is 0.842. The number of carbonyl (C=O) groups excluding carboxylic acids is 1. The van der Waals surface area contributed by atoms with Crippen LogP contribution in [0.2, 0.25) is 0 Å². The first-order valence-electron chi connectivity index (χ1n) is 7.15. The smallest absolute Gasteiger partial charge is 0.180 e. The van der Waals surface area contributed by atoms with Gasteiger partial charge in [0.1, 0.15) is 0 Å². The molecular weight excluding hydrogens is 236 g/mol. The predicted molar refractivity (Wildman–Crippen MR) is 78.6 cm³/mol. The van der Waals surface area contributed by atoms with E-state index in [1.165, 1.54) is 5.56 Å². The van der Waals surface area contributed by atoms with E-state index in [1.54, 1.807) is 0 Å². The maximum absolute atomic E-state index is 12.7. The van der Waals surface area contributed by atoms with E-state index < -0.39 is 0 Å². The number of benzene rings is 1. The average molecular weight is 260 g/mol. The van der Waals surface area contributed by atoms with Crippen LogP contribution in [0.15, 0.2) is 24.3 Å². The van der Waals surface area contributed by atoms with Crippen molar-refractivity contribution in [2.24, 2.45) is 5.92 Å². The third kappa shape index (κ3) is 3.43. The van der Waals surface area contributed by atoms with E-state index >= 15 is 0 Å². The van der Waals surface area contributed by atoms with Gasteiger partial charge in [0.05, 0.1) is 6.04 Å². The molecule has 1 heterocycles. The van der Waals surface area contributed by atoms with Gasteiger partial charge in [-0.25, -0.2) is 0 Å². The highest BCUT2D eigenvalue weighted by atomic mass is 16.1. The van der Waals surface area contributed by atoms with E-state index in [0.29, 0.717) is 5.92 Å². The number of rotatable bonds is 4. The number of hydrogen-bond acceptors (Lipinski definition) is 3. The molecule has 0 spiro atoms. The zero-order valence-electron chi connectivity index (χ0n) is 12.1. The maximum atomic E-state index is 12.7. The molecule has 104 valence electrons. The fourth-order valence-corrected chi connectivity index (χ4v) is 2.74. The van der Waals surface area contributed by atoms with Crippen molar-refractivity contribution in [1.82, 2.24) is 10.2 Å². The van der Waals surface area contributed by atoms with Gasteiger partial charge in [-0.3, -0.25) is 9.69 Å². The largest absolute Gasteiger partial charge is 0.314 e. The summed E-state index contributed by atoms with van der Waals surface area (Å²) in [4.78, 5) is 15.1. The summed E-state index contributed by atoms with van der Waals surface area (Å²) >= 11 is 0. The molecule has 3 nitrogen and oxygen atoms in total. The number of carbonyl (C=O) groups is 1. The van der Waals surface area contributed by atoms with Crippen LogP contribution in [0.25, 0.3) is 0 Å². The number of nitrogens with zero attached hydrogens (tertiary/aromatic N) is 1. The Morgan fingerprint density at radius 3 is 2.26 bits per heavy atom. The summed E-state index contributed by atoms with van der Waals surface area (Å²) in [6, 6.07) is 7.94. The topological polar surface area (TPSA) is 32.3 Å². The number of piperazine rings is 1. The normalized spacial score (nSPS) is 18.5. The van der Waals surface area contributed by atoms with Crippen LogP contribution in [0.4, 0.5) is 0 Å². The lowest BCUT2D eigenvalue weighted by molar-refractivity contribution is 0.0719. The van der Waals surface area contributed by atoms with Crippen LogP contribution in [-0.2, 0) is 0 Å². The van der Waals surface area contributed by atoms with Crippen LogP contribution in [-0.4, -0.2) is 42.9 Å². The Morgan fingerprint density at radius 1 is 1.16 bits per heavy atom. The number of Topliss-reactive ketones (excluding diaryl/α,β-unsaturated/α-hetero) is 1. The number of hydrogen-bond donors (Lipinski definition) is 1. The van der Waals surface area contributed by atoms with Crippen LogP contribution in [0.1, 0.15) is 29.8 Å². The summed E-state index contributed by atoms with van der Waals surface area (Å²) in [5.74, 6) is 0.601. The minimum atomic E-state index is 0.00445. The summed E-state index contributed by atoms with van der Waals surface area (Å²) in [6.07, 6.45) is 0. The Labute approximate surface area is 116 Å². The summed E-state index contributed by atoms with van der Waals surface area (Å²) in [5.41, 5.74) is 2.03. The van der Waals surface area contributed by atoms with Crippen molar-refractivity contribution in [2.45, 2.75) is 26.8 Å². The molecule has 1 fully saturated rings. The molecular formula is C16H24N2O. The fourth-order valence-electron chi connectivity index (χ4n) is 2.74. The van der Waals surface area contributed by atoms with Gasteiger partial charge < -0.3 is 5.32 Å². The highest BCUT2D eigenvalue weighted by molar-refractivity contribution is 6.00. The molecule has 0 aliphatic carbocycles. The molecule has 1 aromatic carbocycles. The number of aryl methyl sites for hydroxylation is 1. The summed E-state index contributed by atoms with van der Waals surface area (Å²) in [6.45, 7) is 10.2. The molecule has 1 atom stereocenters. The van der Waals surface area contributed by atoms with Gasteiger partial charge in [-0.15, -0.1) is 0 Å². The van der Waals surface area contributed by atoms with E-state index in [-0.39, 0.29) is 11.8 Å². The molecule has 1 aromatic rings. The highest BCUT2D eigenvalue weighted by Gasteiger charge is 2.30. The standard InChI is InChI=1S/C16H24N2O/c1-12(2)15(18-10-8-17-9-11-18)16(19)14-6-4-13(3)5-7-14/h4-7,12,15,17H,8-11H2,1-3H3. The van der Waals surface area contributed by atoms with E-state index in [9.17, 15) is 4.79 Å². The Morgan fingerprint density at radius 2 is 1.74 bits per heavy atom. The highest BCUT2D eigenvalue weighted by Crippen LogP contribution is 2.18. The molecule has 0 radical (unpaired) electrons. The van der Waals surface area contributed by atoms with Crippen molar-refractivity contribution in [2.75, 3.05) is 26.2 Å². The zero-order valence-corrected chi connectivity index (χ0v) is 12.1. The van der Waals surface area contributed by atoms with Crippen LogP contribution < -0.4 is 5.32 Å². The van der Waals surface area contributed by atoms with Crippen molar-refractivity contribution in [3.05, 3.63) is 35.4 Å². The SMILES string of the molecule is Cc1ccc(C(=O)C(C(C)C)N2CCNCC2)cc1. The van der Waals surface area contributed by atoms with E-state index in [4.69, 9.17) is 0 Å². The second-order valence-corrected chi connectivity index (χ2v) is 5.71. The Bertz CT molecular complexity index is 419. The molecule has 2 rings (SSSR count). The molecule has 1 unspecified atom stereocenters. The third-order valence-corrected chi connectivity index (χ3v) is 3.78. The molecule has 19 heavy (non-hydrogen) atoms. The molecule has 0 bridgehead atoms. The maximum Gasteiger partial charge on any atom is 0.180 e. The van der Waals surface area contributed by atoms with Crippen LogP contribution in [0.3, 0.4) is 0 Å². The van der Waals surface area contributed by atoms with Gasteiger partial charge in [-0.1, -0.05) is 43.7 Å². The molecule has 3 heteroatoms. The van der Waals surface area contributed by atoms with Gasteiger partial charge in [0.25, 0.3) is 0 Å². The molecule has 1 aliphatic rings. The van der Waals surface area contributed by atoms with Gasteiger partial charge in [0.2, 0.25) is 0 Å². The lowest BCUT2D eigenvalue weighted by Crippen LogP contribution is -2.53. The van der Waals surface area contributed by atoms with E-state index in [2.05, 4.69) is 24.1 Å². The van der Waals surface area contributed by atoms with Gasteiger partial charge in [-0.2, -0.15) is 0 Å². The van der Waals surface area contributed by atoms with Gasteiger partial charge in [-0.05, 0) is 12.8 Å². The summed E-state index contributed by atoms with van der Waals surface area (Å²) in [7, 11) is 0. The van der Waals surface area contributed by atoms with E-state index in [1.807, 2.05) is 31.2 Å². The zero-order chi connectivity index (χ0) is 13.8. The lowest BCUT2D eigenvalue weighted by atomic mass is 9.92. The van der Waals surface area contributed by atoms with Crippen LogP contribution >= 0.6 is 0 Å². The average Bonchev–Trinajstić information content (AvgIpc) is 2.40. The van der Waals surface area contributed by atoms with Gasteiger partial charge in [0.15, 0.2) is 5.78 Å². The van der Waals surface area contributed by atoms with Crippen molar-refractivity contribution >= 4 is 5.78 Å². The molecule has 1 saturated heterocycles. The first-order valence-corrected chi connectivity index (χ1v) is 7.15. The summed E-state index contributed by atoms with van der Waals surface area (Å²) < 4.78 is 0. The molecule has 1 N–H and O–H groups in total. The van der Waals surface area contributed by atoms with E-state index in [0.717, 1.165) is 31.7 Å². The minimum absolute atomic E-state index is 0.00445. The Kier molecular flexibility index (Phi) is 4.72. The molecule has 1 aliphatic heterocycles. The Hall–Kier alpha value is -1.19. The molecule has 0 aromatic heterocycles. The van der Waals surface area contributed by atoms with Crippen LogP contribution in [0.5, 0.6) is 0 Å². The monoisotopic (exact) mass is 260 g/mol. The van der Waals surface area contributed by atoms with Gasteiger partial charge in [0, 0.05) is 31.7 Å². The third-order valence-electron chi connectivity index (χ3n) is 3.78. The minimum Gasteiger partial charge on any atom is -0.314 e. The fraction of sp³-hybridized carbons (Fsp3) is 0.562. The summed E-state index contributed by atoms with van der Waals surface area (Å²) in [5, 5.41) is 3.34. The predicted octanol–water partition coefficient (Wildman–Crippen LogP) is 2.11. The van der Waals surface area contributed by atoms with Crippen LogP contribution in [0, 0.1) is 12.8 Å². The van der Waals surface area contributed by atoms with Crippen molar-refractivity contribution < 1.29 is 4.79 Å². The lowest BCUT2D eigenvalue weighted by Gasteiger charge is -2.36. The van der Waals surface area contributed by atoms with Crippen molar-refractivity contribution in [3.8, 4) is 0 Å². The first kappa shape index (κ1) is 14.2. The van der Waals surface area contributed by atoms with Gasteiger partial charge >= 0.3 is 0 Å². The number of ketones is 1. The second-order valence-electron chi connectivity index (χ2n) is 5.71. The van der Waals surface area contributed by atoms with Crippen molar-refractivity contribution in [3.63, 3.8) is 0 Å². The molecule has 0 saturated carbocycles. The number of nitrogens with one attached hydrogen (secondary N) is 1. The Balaban J connectivity index is 2.18. The second kappa shape index (κ2) is 6.31. The molecule has 0 amide bonds.